The molecule has 0 spiro atoms. The molecule has 2 heterocycles. The van der Waals surface area contributed by atoms with Gasteiger partial charge in [0.1, 0.15) is 11.3 Å². The van der Waals surface area contributed by atoms with E-state index < -0.39 is 0 Å². The van der Waals surface area contributed by atoms with Crippen LogP contribution < -0.4 is 5.56 Å². The van der Waals surface area contributed by atoms with E-state index in [9.17, 15) is 4.79 Å². The predicted octanol–water partition coefficient (Wildman–Crippen LogP) is 0.889. The van der Waals surface area contributed by atoms with Crippen LogP contribution in [0.25, 0.3) is 11.0 Å². The van der Waals surface area contributed by atoms with Gasteiger partial charge < -0.3 is 4.57 Å². The minimum absolute atomic E-state index is 0.0168. The molecule has 74 valence electrons. The van der Waals surface area contributed by atoms with E-state index in [1.807, 2.05) is 31.5 Å². The zero-order chi connectivity index (χ0) is 10.5. The van der Waals surface area contributed by atoms with Crippen LogP contribution in [0.5, 0.6) is 0 Å². The number of nitrogens with zero attached hydrogens (tertiary/aromatic N) is 3. The number of hydrogen-bond donors (Lipinski definition) is 0. The molecule has 0 N–H and O–H groups in total. The van der Waals surface area contributed by atoms with Crippen LogP contribution in [0.1, 0.15) is 11.5 Å². The summed E-state index contributed by atoms with van der Waals surface area (Å²) in [5.41, 5.74) is 2.53. The molecule has 0 bridgehead atoms. The Morgan fingerprint density at radius 1 is 1.21 bits per heavy atom. The zero-order valence-electron chi connectivity index (χ0n) is 8.83. The fourth-order valence-corrected chi connectivity index (χ4v) is 1.60. The Bertz CT molecular complexity index is 563. The van der Waals surface area contributed by atoms with Crippen molar-refractivity contribution in [3.8, 4) is 0 Å². The average molecular weight is 191 g/mol. The molecule has 0 saturated carbocycles. The number of hydrogen-bond acceptors (Lipinski definition) is 2. The normalized spacial score (nSPS) is 11.1. The highest BCUT2D eigenvalue weighted by Crippen LogP contribution is 2.12. The molecule has 4 heteroatoms. The highest BCUT2D eigenvalue weighted by molar-refractivity contribution is 5.76. The van der Waals surface area contributed by atoms with E-state index >= 15 is 0 Å². The van der Waals surface area contributed by atoms with Gasteiger partial charge in [-0.1, -0.05) is 0 Å². The maximum absolute atomic E-state index is 11.9. The molecule has 0 aliphatic carbocycles. The Hall–Kier alpha value is -1.58. The van der Waals surface area contributed by atoms with Crippen LogP contribution in [0.2, 0.25) is 0 Å². The highest BCUT2D eigenvalue weighted by atomic mass is 16.1. The lowest BCUT2D eigenvalue weighted by Gasteiger charge is -2.03. The molecule has 4 nitrogen and oxygen atoms in total. The summed E-state index contributed by atoms with van der Waals surface area (Å²) < 4.78 is 3.45. The summed E-state index contributed by atoms with van der Waals surface area (Å²) >= 11 is 0. The van der Waals surface area contributed by atoms with Crippen molar-refractivity contribution in [3.05, 3.63) is 27.9 Å². The monoisotopic (exact) mass is 191 g/mol. The highest BCUT2D eigenvalue weighted by Gasteiger charge is 2.10. The molecule has 0 amide bonds. The van der Waals surface area contributed by atoms with Gasteiger partial charge in [0.25, 0.3) is 5.56 Å². The van der Waals surface area contributed by atoms with Crippen LogP contribution in [0.15, 0.2) is 10.9 Å². The van der Waals surface area contributed by atoms with Gasteiger partial charge in [0.2, 0.25) is 0 Å². The lowest BCUT2D eigenvalue weighted by Crippen LogP contribution is -2.21. The van der Waals surface area contributed by atoms with Gasteiger partial charge in [-0.25, -0.2) is 4.98 Å². The van der Waals surface area contributed by atoms with Crippen molar-refractivity contribution >= 4 is 11.0 Å². The maximum atomic E-state index is 11.9. The molecule has 0 atom stereocenters. The molecule has 0 aromatic carbocycles. The topological polar surface area (TPSA) is 39.8 Å². The molecular formula is C10H13N3O. The first-order valence-electron chi connectivity index (χ1n) is 4.52. The molecule has 14 heavy (non-hydrogen) atoms. The van der Waals surface area contributed by atoms with Crippen LogP contribution >= 0.6 is 0 Å². The summed E-state index contributed by atoms with van der Waals surface area (Å²) in [5, 5.41) is 0. The molecule has 0 aliphatic rings. The third-order valence-electron chi connectivity index (χ3n) is 2.73. The van der Waals surface area contributed by atoms with Gasteiger partial charge in [-0.2, -0.15) is 0 Å². The van der Waals surface area contributed by atoms with E-state index in [2.05, 4.69) is 4.98 Å². The Morgan fingerprint density at radius 2 is 1.86 bits per heavy atom. The summed E-state index contributed by atoms with van der Waals surface area (Å²) in [6.07, 6.45) is 0. The average Bonchev–Trinajstić information content (AvgIpc) is 2.39. The van der Waals surface area contributed by atoms with Gasteiger partial charge in [0.05, 0.1) is 5.52 Å². The first-order valence-corrected chi connectivity index (χ1v) is 4.52. The van der Waals surface area contributed by atoms with Crippen molar-refractivity contribution in [1.29, 1.82) is 0 Å². The van der Waals surface area contributed by atoms with Crippen LogP contribution in [0.4, 0.5) is 0 Å². The molecular weight excluding hydrogens is 178 g/mol. The van der Waals surface area contributed by atoms with Gasteiger partial charge in [0.15, 0.2) is 0 Å². The Morgan fingerprint density at radius 3 is 2.50 bits per heavy atom. The van der Waals surface area contributed by atoms with E-state index in [1.54, 1.807) is 11.6 Å². The van der Waals surface area contributed by atoms with Crippen molar-refractivity contribution < 1.29 is 0 Å². The predicted molar refractivity (Wildman–Crippen MR) is 55.4 cm³/mol. The van der Waals surface area contributed by atoms with Crippen LogP contribution in [0.3, 0.4) is 0 Å². The smallest absolute Gasteiger partial charge is 0.277 e. The molecule has 0 unspecified atom stereocenters. The zero-order valence-corrected chi connectivity index (χ0v) is 8.83. The molecule has 2 aromatic heterocycles. The quantitative estimate of drug-likeness (QED) is 0.620. The minimum atomic E-state index is 0.0168. The molecule has 0 fully saturated rings. The molecule has 2 aromatic rings. The molecule has 0 aliphatic heterocycles. The van der Waals surface area contributed by atoms with Crippen molar-refractivity contribution in [1.82, 2.24) is 14.1 Å². The van der Waals surface area contributed by atoms with Crippen LogP contribution in [-0.4, -0.2) is 14.1 Å². The van der Waals surface area contributed by atoms with Crippen molar-refractivity contribution in [2.45, 2.75) is 13.8 Å². The van der Waals surface area contributed by atoms with Gasteiger partial charge >= 0.3 is 0 Å². The van der Waals surface area contributed by atoms with E-state index in [0.717, 1.165) is 17.0 Å². The summed E-state index contributed by atoms with van der Waals surface area (Å²) in [5.74, 6) is 0.744. The summed E-state index contributed by atoms with van der Waals surface area (Å²) in [6, 6.07) is 1.93. The second kappa shape index (κ2) is 2.70. The third kappa shape index (κ3) is 0.999. The summed E-state index contributed by atoms with van der Waals surface area (Å²) in [6.45, 7) is 3.81. The van der Waals surface area contributed by atoms with Crippen molar-refractivity contribution in [2.75, 3.05) is 0 Å². The number of aromatic nitrogens is 3. The lowest BCUT2D eigenvalue weighted by atomic mass is 10.4. The molecule has 0 radical (unpaired) electrons. The fourth-order valence-electron chi connectivity index (χ4n) is 1.60. The van der Waals surface area contributed by atoms with Gasteiger partial charge in [0, 0.05) is 19.8 Å². The largest absolute Gasteiger partial charge is 0.342 e. The minimum Gasteiger partial charge on any atom is -0.342 e. The first kappa shape index (κ1) is 8.99. The second-order valence-corrected chi connectivity index (χ2v) is 3.60. The second-order valence-electron chi connectivity index (χ2n) is 3.60. The number of fused-ring (bicyclic) bond motifs is 1. The number of aryl methyl sites for hydroxylation is 3. The first-order chi connectivity index (χ1) is 6.52. The van der Waals surface area contributed by atoms with E-state index in [0.29, 0.717) is 5.52 Å². The van der Waals surface area contributed by atoms with Crippen LogP contribution in [0, 0.1) is 13.8 Å². The van der Waals surface area contributed by atoms with Crippen molar-refractivity contribution in [2.24, 2.45) is 14.1 Å². The van der Waals surface area contributed by atoms with E-state index in [1.165, 1.54) is 0 Å². The maximum Gasteiger partial charge on any atom is 0.277 e. The summed E-state index contributed by atoms with van der Waals surface area (Å²) in [7, 11) is 3.63. The number of rotatable bonds is 0. The standard InChI is InChI=1S/C10H13N3O/c1-6-5-8-9(12(6)3)10(14)13(4)7(2)11-8/h5H,1-4H3. The molecule has 2 rings (SSSR count). The Balaban J connectivity index is 3.07. The van der Waals surface area contributed by atoms with Gasteiger partial charge in [-0.05, 0) is 19.9 Å². The van der Waals surface area contributed by atoms with Gasteiger partial charge in [-0.15, -0.1) is 0 Å². The third-order valence-corrected chi connectivity index (χ3v) is 2.73. The van der Waals surface area contributed by atoms with Crippen molar-refractivity contribution in [3.63, 3.8) is 0 Å². The van der Waals surface area contributed by atoms with E-state index in [4.69, 9.17) is 0 Å². The fraction of sp³-hybridized carbons (Fsp3) is 0.400. The molecule has 0 saturated heterocycles. The SMILES string of the molecule is Cc1nc2cc(C)n(C)c2c(=O)n1C. The van der Waals surface area contributed by atoms with E-state index in [-0.39, 0.29) is 5.56 Å². The van der Waals surface area contributed by atoms with Gasteiger partial charge in [-0.3, -0.25) is 9.36 Å². The Kier molecular flexibility index (Phi) is 1.74. The van der Waals surface area contributed by atoms with Crippen LogP contribution in [-0.2, 0) is 14.1 Å². The summed E-state index contributed by atoms with van der Waals surface area (Å²) in [4.78, 5) is 16.2. The lowest BCUT2D eigenvalue weighted by molar-refractivity contribution is 0.780. The Labute approximate surface area is 81.8 Å².